The van der Waals surface area contributed by atoms with E-state index in [-0.39, 0.29) is 11.6 Å². The van der Waals surface area contributed by atoms with Gasteiger partial charge < -0.3 is 0 Å². The molecule has 0 saturated carbocycles. The number of hydrogen-bond acceptors (Lipinski definition) is 2. The summed E-state index contributed by atoms with van der Waals surface area (Å²) >= 11 is 0. The summed E-state index contributed by atoms with van der Waals surface area (Å²) < 4.78 is 0. The van der Waals surface area contributed by atoms with Crippen molar-refractivity contribution < 1.29 is 9.59 Å². The third-order valence-corrected chi connectivity index (χ3v) is 2.46. The summed E-state index contributed by atoms with van der Waals surface area (Å²) in [6.07, 6.45) is 0. The first kappa shape index (κ1) is 15.3. The summed E-state index contributed by atoms with van der Waals surface area (Å²) in [5.41, 5.74) is 2.76. The molecule has 2 heteroatoms. The predicted octanol–water partition coefficient (Wildman–Crippen LogP) is 3.82. The van der Waals surface area contributed by atoms with Gasteiger partial charge in [-0.3, -0.25) is 9.59 Å². The van der Waals surface area contributed by atoms with Crippen LogP contribution >= 0.6 is 0 Å². The highest BCUT2D eigenvalue weighted by Crippen LogP contribution is 2.01. The van der Waals surface area contributed by atoms with E-state index in [4.69, 9.17) is 0 Å². The van der Waals surface area contributed by atoms with Crippen molar-refractivity contribution in [2.24, 2.45) is 0 Å². The zero-order chi connectivity index (χ0) is 13.4. The van der Waals surface area contributed by atoms with Gasteiger partial charge in [0.25, 0.3) is 0 Å². The van der Waals surface area contributed by atoms with Crippen LogP contribution < -0.4 is 0 Å². The molecule has 17 heavy (non-hydrogen) atoms. The van der Waals surface area contributed by atoms with Crippen LogP contribution in [0.1, 0.15) is 45.0 Å². The van der Waals surface area contributed by atoms with Gasteiger partial charge in [0.1, 0.15) is 0 Å². The van der Waals surface area contributed by atoms with Crippen molar-refractivity contribution in [2.75, 3.05) is 0 Å². The third kappa shape index (κ3) is 6.46. The number of Topliss-reactive ketones (excluding diaryl/α,β-unsaturated/α-hetero) is 2. The molecule has 0 aliphatic heterocycles. The summed E-state index contributed by atoms with van der Waals surface area (Å²) in [5.74, 6) is 0.292. The van der Waals surface area contributed by atoms with Crippen LogP contribution in [0.4, 0.5) is 0 Å². The maximum atomic E-state index is 10.6. The van der Waals surface area contributed by atoms with Crippen LogP contribution in [0.15, 0.2) is 41.5 Å². The molecular formula is C15H20O2. The normalized spacial score (nSPS) is 8.76. The first-order valence-electron chi connectivity index (χ1n) is 5.57. The van der Waals surface area contributed by atoms with Crippen molar-refractivity contribution in [3.05, 3.63) is 47.0 Å². The number of ketones is 2. The lowest BCUT2D eigenvalue weighted by Crippen LogP contribution is -1.92. The topological polar surface area (TPSA) is 34.1 Å². The van der Waals surface area contributed by atoms with Crippen LogP contribution in [-0.2, 0) is 4.79 Å². The fraction of sp³-hybridized carbons (Fsp3) is 0.333. The number of rotatable bonds is 2. The lowest BCUT2D eigenvalue weighted by atomic mass is 10.1. The van der Waals surface area contributed by atoms with Crippen molar-refractivity contribution in [1.82, 2.24) is 0 Å². The summed E-state index contributed by atoms with van der Waals surface area (Å²) in [6, 6.07) is 9.23. The minimum Gasteiger partial charge on any atom is -0.295 e. The van der Waals surface area contributed by atoms with E-state index in [0.29, 0.717) is 0 Å². The van der Waals surface area contributed by atoms with Gasteiger partial charge in [0.05, 0.1) is 0 Å². The Kier molecular flexibility index (Phi) is 6.80. The van der Waals surface area contributed by atoms with Crippen LogP contribution in [0.5, 0.6) is 0 Å². The largest absolute Gasteiger partial charge is 0.295 e. The minimum absolute atomic E-state index is 0.121. The average Bonchev–Trinajstić information content (AvgIpc) is 2.29. The zero-order valence-corrected chi connectivity index (χ0v) is 11.2. The Bertz CT molecular complexity index is 410. The van der Waals surface area contributed by atoms with E-state index < -0.39 is 0 Å². The molecule has 1 rings (SSSR count). The molecule has 0 atom stereocenters. The Morgan fingerprint density at radius 1 is 0.824 bits per heavy atom. The van der Waals surface area contributed by atoms with E-state index in [1.165, 1.54) is 0 Å². The number of carbonyl (C=O) groups excluding carboxylic acids is 2. The van der Waals surface area contributed by atoms with E-state index in [9.17, 15) is 9.59 Å². The van der Waals surface area contributed by atoms with E-state index in [1.807, 2.05) is 51.1 Å². The molecule has 1 aromatic rings. The molecule has 0 aromatic heterocycles. The SMILES string of the molecule is CC(=O)C(C)=C(C)C.CC(=O)c1ccccc1. The second-order valence-electron chi connectivity index (χ2n) is 4.10. The number of benzene rings is 1. The van der Waals surface area contributed by atoms with Crippen LogP contribution in [-0.4, -0.2) is 11.6 Å². The van der Waals surface area contributed by atoms with Gasteiger partial charge in [-0.25, -0.2) is 0 Å². The average molecular weight is 232 g/mol. The Balaban J connectivity index is 0.000000304. The molecule has 0 spiro atoms. The van der Waals surface area contributed by atoms with E-state index in [0.717, 1.165) is 16.7 Å². The number of hydrogen-bond donors (Lipinski definition) is 0. The molecule has 0 saturated heterocycles. The second-order valence-corrected chi connectivity index (χ2v) is 4.10. The molecule has 1 aromatic carbocycles. The van der Waals surface area contributed by atoms with Gasteiger partial charge in [0, 0.05) is 5.56 Å². The molecule has 0 radical (unpaired) electrons. The first-order valence-corrected chi connectivity index (χ1v) is 5.57. The predicted molar refractivity (Wildman–Crippen MR) is 71.2 cm³/mol. The second kappa shape index (κ2) is 7.55. The maximum Gasteiger partial charge on any atom is 0.159 e. The van der Waals surface area contributed by atoms with Gasteiger partial charge in [0.15, 0.2) is 11.6 Å². The molecular weight excluding hydrogens is 212 g/mol. The highest BCUT2D eigenvalue weighted by atomic mass is 16.1. The molecule has 92 valence electrons. The van der Waals surface area contributed by atoms with Crippen molar-refractivity contribution in [3.8, 4) is 0 Å². The molecule has 2 nitrogen and oxygen atoms in total. The van der Waals surface area contributed by atoms with E-state index in [1.54, 1.807) is 13.8 Å². The fourth-order valence-electron chi connectivity index (χ4n) is 1.02. The summed E-state index contributed by atoms with van der Waals surface area (Å²) in [4.78, 5) is 21.2. The highest BCUT2D eigenvalue weighted by molar-refractivity contribution is 5.94. The van der Waals surface area contributed by atoms with Crippen molar-refractivity contribution in [3.63, 3.8) is 0 Å². The molecule has 0 unspecified atom stereocenters. The quantitative estimate of drug-likeness (QED) is 0.573. The van der Waals surface area contributed by atoms with Gasteiger partial charge in [0.2, 0.25) is 0 Å². The molecule has 0 N–H and O–H groups in total. The Morgan fingerprint density at radius 3 is 1.47 bits per heavy atom. The van der Waals surface area contributed by atoms with E-state index >= 15 is 0 Å². The summed E-state index contributed by atoms with van der Waals surface area (Å²) in [6.45, 7) is 8.88. The molecule has 0 bridgehead atoms. The van der Waals surface area contributed by atoms with Crippen LogP contribution in [0.25, 0.3) is 0 Å². The monoisotopic (exact) mass is 232 g/mol. The number of allylic oxidation sites excluding steroid dienone is 2. The van der Waals surface area contributed by atoms with Gasteiger partial charge in [-0.15, -0.1) is 0 Å². The van der Waals surface area contributed by atoms with Crippen molar-refractivity contribution in [2.45, 2.75) is 34.6 Å². The molecule has 0 amide bonds. The van der Waals surface area contributed by atoms with Gasteiger partial charge >= 0.3 is 0 Å². The Labute approximate surface area is 103 Å². The standard InChI is InChI=1S/C8H8O.C7H12O/c1-7(9)8-5-3-2-4-6-8;1-5(2)6(3)7(4)8/h2-6H,1H3;1-4H3. The van der Waals surface area contributed by atoms with Gasteiger partial charge in [-0.05, 0) is 40.2 Å². The lowest BCUT2D eigenvalue weighted by molar-refractivity contribution is -0.113. The molecule has 0 fully saturated rings. The molecule has 0 heterocycles. The first-order chi connectivity index (χ1) is 7.86. The Hall–Kier alpha value is -1.70. The van der Waals surface area contributed by atoms with Crippen molar-refractivity contribution >= 4 is 11.6 Å². The lowest BCUT2D eigenvalue weighted by Gasteiger charge is -1.94. The third-order valence-electron chi connectivity index (χ3n) is 2.46. The maximum absolute atomic E-state index is 10.6. The summed E-state index contributed by atoms with van der Waals surface area (Å²) in [7, 11) is 0. The van der Waals surface area contributed by atoms with Gasteiger partial charge in [-0.2, -0.15) is 0 Å². The minimum atomic E-state index is 0.121. The highest BCUT2D eigenvalue weighted by Gasteiger charge is 1.95. The molecule has 0 aliphatic rings. The van der Waals surface area contributed by atoms with Crippen molar-refractivity contribution in [1.29, 1.82) is 0 Å². The van der Waals surface area contributed by atoms with Crippen LogP contribution in [0.2, 0.25) is 0 Å². The van der Waals surface area contributed by atoms with Crippen LogP contribution in [0, 0.1) is 0 Å². The number of carbonyl (C=O) groups is 2. The molecule has 0 aliphatic carbocycles. The zero-order valence-electron chi connectivity index (χ0n) is 11.2. The smallest absolute Gasteiger partial charge is 0.159 e. The Morgan fingerprint density at radius 2 is 1.29 bits per heavy atom. The van der Waals surface area contributed by atoms with Crippen LogP contribution in [0.3, 0.4) is 0 Å². The summed E-state index contributed by atoms with van der Waals surface area (Å²) in [5, 5.41) is 0. The fourth-order valence-corrected chi connectivity index (χ4v) is 1.02. The van der Waals surface area contributed by atoms with Gasteiger partial charge in [-0.1, -0.05) is 35.9 Å². The van der Waals surface area contributed by atoms with E-state index in [2.05, 4.69) is 0 Å².